The molecule has 4 fully saturated rings. The van der Waals surface area contributed by atoms with E-state index < -0.39 is 30.4 Å². The first-order valence-corrected chi connectivity index (χ1v) is 22.8. The van der Waals surface area contributed by atoms with E-state index in [0.717, 1.165) is 47.5 Å². The molecule has 0 radical (unpaired) electrons. The van der Waals surface area contributed by atoms with E-state index in [1.54, 1.807) is 0 Å². The van der Waals surface area contributed by atoms with Crippen molar-refractivity contribution in [3.05, 3.63) is 88.8 Å². The number of hydrogen-bond acceptors (Lipinski definition) is 10. The first kappa shape index (κ1) is 42.6. The number of nitrogens with one attached hydrogen (secondary N) is 1. The maximum atomic E-state index is 10.9. The van der Waals surface area contributed by atoms with Gasteiger partial charge in [0.05, 0.1) is 24.4 Å². The number of rotatable bonds is 14. The zero-order chi connectivity index (χ0) is 41.6. The van der Waals surface area contributed by atoms with E-state index in [9.17, 15) is 25.2 Å². The fraction of sp³-hybridized carbons (Fsp3) is 0.625. The van der Waals surface area contributed by atoms with Crippen LogP contribution in [0.25, 0.3) is 0 Å². The number of ether oxygens (including phenoxy) is 2. The minimum absolute atomic E-state index is 0.0125. The van der Waals surface area contributed by atoms with Gasteiger partial charge in [-0.3, -0.25) is 4.79 Å². The Labute approximate surface area is 353 Å². The van der Waals surface area contributed by atoms with Crippen molar-refractivity contribution in [2.75, 3.05) is 0 Å². The molecular weight excluding hydrogens is 761 g/mol. The fourth-order valence-electron chi connectivity index (χ4n) is 11.3. The van der Waals surface area contributed by atoms with Gasteiger partial charge in [-0.2, -0.15) is 5.21 Å². The largest absolute Gasteiger partial charge is 0.489 e. The lowest BCUT2D eigenvalue weighted by Gasteiger charge is -2.23. The quantitative estimate of drug-likeness (QED) is 0.0926. The summed E-state index contributed by atoms with van der Waals surface area (Å²) in [6.45, 7) is 0. The van der Waals surface area contributed by atoms with E-state index in [4.69, 9.17) is 14.6 Å². The van der Waals surface area contributed by atoms with E-state index in [0.29, 0.717) is 43.3 Å². The Morgan fingerprint density at radius 2 is 1.22 bits per heavy atom. The topological polar surface area (TPSA) is 191 Å². The molecule has 324 valence electrons. The number of H-pyrrole nitrogens is 1. The van der Waals surface area contributed by atoms with Gasteiger partial charge in [-0.15, -0.1) is 10.2 Å². The number of para-hydroxylation sites is 2. The fourth-order valence-corrected chi connectivity index (χ4v) is 11.3. The van der Waals surface area contributed by atoms with Gasteiger partial charge in [0.1, 0.15) is 23.7 Å². The predicted molar refractivity (Wildman–Crippen MR) is 226 cm³/mol. The number of aromatic amines is 1. The minimum atomic E-state index is -0.816. The molecule has 9 rings (SSSR count). The molecule has 0 saturated heterocycles. The van der Waals surface area contributed by atoms with Gasteiger partial charge in [0, 0.05) is 60.5 Å². The number of carbonyl (C=O) groups is 1. The van der Waals surface area contributed by atoms with Gasteiger partial charge in [0.25, 0.3) is 0 Å². The van der Waals surface area contributed by atoms with Crippen LogP contribution in [0.4, 0.5) is 0 Å². The van der Waals surface area contributed by atoms with Gasteiger partial charge in [-0.05, 0) is 48.6 Å². The first-order chi connectivity index (χ1) is 29.2. The summed E-state index contributed by atoms with van der Waals surface area (Å²) in [6.07, 6.45) is 23.4. The summed E-state index contributed by atoms with van der Waals surface area (Å²) >= 11 is 0. The standard InChI is InChI=1S/C24H32N4O3.C24H32O5/c29-17(13-15-5-2-1-3-6-15)10-11-18-20(30)14-21-23(18)19-8-4-7-16(24(19)31-21)9-12-22-25-27-28-26-22;25-17(13-15-5-2-1-3-6-15)10-11-18-20(26)14-21-23(18)19-8-4-7-16(24(19)29-21)9-12-22(27)28/h4,7-8,10-11,15,17-18,20-21,23,29-30H,1-3,5-6,9,12-14H2,(H,25,26,27,28);4,7-8,10-11,15,17-18,20-21,23,25-26H,1-3,5-6,9,12-14H2,(H,27,28)/b2*11-10+/t2*17-,18+,20-,21+,23+/m11/s1. The second kappa shape index (κ2) is 19.7. The van der Waals surface area contributed by atoms with Crippen molar-refractivity contribution in [3.8, 4) is 11.5 Å². The molecular formula is C48H64N4O8. The third-order valence-electron chi connectivity index (χ3n) is 14.3. The van der Waals surface area contributed by atoms with Crippen molar-refractivity contribution in [1.82, 2.24) is 20.6 Å². The predicted octanol–water partition coefficient (Wildman–Crippen LogP) is 6.91. The summed E-state index contributed by atoms with van der Waals surface area (Å²) < 4.78 is 12.5. The summed E-state index contributed by atoms with van der Waals surface area (Å²) in [4.78, 5) is 10.9. The molecule has 12 nitrogen and oxygen atoms in total. The van der Waals surface area contributed by atoms with Crippen LogP contribution in [0.1, 0.15) is 136 Å². The lowest BCUT2D eigenvalue weighted by Crippen LogP contribution is -2.18. The second-order valence-corrected chi connectivity index (χ2v) is 18.4. The smallest absolute Gasteiger partial charge is 0.303 e. The lowest BCUT2D eigenvalue weighted by molar-refractivity contribution is -0.136. The molecule has 3 aromatic rings. The molecule has 1 aromatic heterocycles. The Kier molecular flexibility index (Phi) is 14.0. The van der Waals surface area contributed by atoms with Crippen molar-refractivity contribution in [1.29, 1.82) is 0 Å². The van der Waals surface area contributed by atoms with Crippen LogP contribution >= 0.6 is 0 Å². The number of aromatic nitrogens is 4. The number of nitrogens with zero attached hydrogens (tertiary/aromatic N) is 3. The van der Waals surface area contributed by atoms with Crippen molar-refractivity contribution in [3.63, 3.8) is 0 Å². The first-order valence-electron chi connectivity index (χ1n) is 22.8. The van der Waals surface area contributed by atoms with E-state index >= 15 is 0 Å². The summed E-state index contributed by atoms with van der Waals surface area (Å²) in [5.41, 5.74) is 4.30. The molecule has 2 aliphatic heterocycles. The van der Waals surface area contributed by atoms with Crippen LogP contribution in [0, 0.1) is 23.7 Å². The highest BCUT2D eigenvalue weighted by molar-refractivity contribution is 5.67. The second-order valence-electron chi connectivity index (χ2n) is 18.4. The van der Waals surface area contributed by atoms with Gasteiger partial charge in [-0.1, -0.05) is 130 Å². The number of carboxylic acids is 1. The van der Waals surface area contributed by atoms with Crippen molar-refractivity contribution < 1.29 is 39.8 Å². The van der Waals surface area contributed by atoms with Gasteiger partial charge >= 0.3 is 5.97 Å². The summed E-state index contributed by atoms with van der Waals surface area (Å²) in [7, 11) is 0. The number of aliphatic carboxylic acids is 1. The molecule has 3 heterocycles. The molecule has 0 spiro atoms. The lowest BCUT2D eigenvalue weighted by atomic mass is 9.84. The zero-order valence-corrected chi connectivity index (χ0v) is 34.7. The Morgan fingerprint density at radius 3 is 1.68 bits per heavy atom. The van der Waals surface area contributed by atoms with Crippen LogP contribution in [0.5, 0.6) is 11.5 Å². The number of aryl methyl sites for hydroxylation is 3. The molecule has 2 aromatic carbocycles. The van der Waals surface area contributed by atoms with E-state index in [2.05, 4.69) is 38.8 Å². The van der Waals surface area contributed by atoms with Gasteiger partial charge in [-0.25, -0.2) is 0 Å². The van der Waals surface area contributed by atoms with E-state index in [1.807, 2.05) is 42.5 Å². The van der Waals surface area contributed by atoms with Crippen LogP contribution in [0.3, 0.4) is 0 Å². The Bertz CT molecular complexity index is 1920. The Hall–Kier alpha value is -4.10. The average molecular weight is 825 g/mol. The number of benzene rings is 2. The Balaban J connectivity index is 0.000000167. The molecule has 0 amide bonds. The van der Waals surface area contributed by atoms with Gasteiger partial charge < -0.3 is 35.0 Å². The SMILES string of the molecule is O=C(O)CCc1cccc2c1O[C@H]1C[C@@H](O)[C@H](/C=C/[C@@H](O)CC3CCCCC3)[C@@H]21.O[C@H](/C=C/[C@@H]1[C@H]2c3cccc(CCc4nn[nH]n4)c3O[C@H]2C[C@H]1O)CC1CCCCC1. The number of carboxylic acid groups (broad SMARTS) is 1. The molecule has 10 atom stereocenters. The van der Waals surface area contributed by atoms with Crippen molar-refractivity contribution >= 4 is 5.97 Å². The van der Waals surface area contributed by atoms with Crippen LogP contribution in [0.2, 0.25) is 0 Å². The number of hydrogen-bond donors (Lipinski definition) is 6. The maximum absolute atomic E-state index is 10.9. The van der Waals surface area contributed by atoms with Gasteiger partial charge in [0.15, 0.2) is 5.82 Å². The third kappa shape index (κ3) is 9.99. The minimum Gasteiger partial charge on any atom is -0.489 e. The van der Waals surface area contributed by atoms with Crippen LogP contribution in [-0.2, 0) is 24.1 Å². The number of fused-ring (bicyclic) bond motifs is 6. The third-order valence-corrected chi connectivity index (χ3v) is 14.3. The summed E-state index contributed by atoms with van der Waals surface area (Å²) in [6, 6.07) is 12.2. The number of aliphatic hydroxyl groups excluding tert-OH is 4. The van der Waals surface area contributed by atoms with Crippen molar-refractivity contribution in [2.45, 2.75) is 164 Å². The molecule has 4 aliphatic carbocycles. The molecule has 12 heteroatoms. The molecule has 0 unspecified atom stereocenters. The summed E-state index contributed by atoms with van der Waals surface area (Å²) in [5, 5.41) is 65.6. The zero-order valence-electron chi connectivity index (χ0n) is 34.7. The number of aliphatic hydroxyl groups is 4. The monoisotopic (exact) mass is 824 g/mol. The molecule has 6 N–H and O–H groups in total. The van der Waals surface area contributed by atoms with Crippen LogP contribution in [-0.4, -0.2) is 88.7 Å². The normalized spacial score (nSPS) is 29.6. The van der Waals surface area contributed by atoms with Crippen LogP contribution < -0.4 is 9.47 Å². The molecule has 60 heavy (non-hydrogen) atoms. The highest BCUT2D eigenvalue weighted by atomic mass is 16.5. The van der Waals surface area contributed by atoms with Crippen molar-refractivity contribution in [2.24, 2.45) is 23.7 Å². The van der Waals surface area contributed by atoms with E-state index in [-0.39, 0.29) is 42.3 Å². The summed E-state index contributed by atoms with van der Waals surface area (Å²) in [5.74, 6) is 2.95. The molecule has 0 bridgehead atoms. The Morgan fingerprint density at radius 1 is 0.717 bits per heavy atom. The highest BCUT2D eigenvalue weighted by Gasteiger charge is 2.50. The van der Waals surface area contributed by atoms with E-state index in [1.165, 1.54) is 69.8 Å². The van der Waals surface area contributed by atoms with Gasteiger partial charge in [0.2, 0.25) is 0 Å². The maximum Gasteiger partial charge on any atom is 0.303 e. The average Bonchev–Trinajstić information content (AvgIpc) is 4.07. The highest BCUT2D eigenvalue weighted by Crippen LogP contribution is 2.53. The van der Waals surface area contributed by atoms with Crippen LogP contribution in [0.15, 0.2) is 60.7 Å². The molecule has 4 saturated carbocycles. The molecule has 6 aliphatic rings. The number of tetrazole rings is 1.